The van der Waals surface area contributed by atoms with Crippen molar-refractivity contribution in [2.24, 2.45) is 0 Å². The monoisotopic (exact) mass is 181 g/mol. The maximum Gasteiger partial charge on any atom is 0.115 e. The van der Waals surface area contributed by atoms with Crippen molar-refractivity contribution in [3.63, 3.8) is 0 Å². The van der Waals surface area contributed by atoms with Crippen LogP contribution in [0.4, 0.5) is 0 Å². The molecule has 0 bridgehead atoms. The largest absolute Gasteiger partial charge is 0.493 e. The smallest absolute Gasteiger partial charge is 0.115 e. The second kappa shape index (κ2) is 5.81. The second-order valence-electron chi connectivity index (χ2n) is 3.33. The van der Waals surface area contributed by atoms with Crippen molar-refractivity contribution in [2.75, 3.05) is 26.7 Å². The van der Waals surface area contributed by atoms with Gasteiger partial charge in [0, 0.05) is 6.54 Å². The molecule has 0 aromatic rings. The van der Waals surface area contributed by atoms with Crippen molar-refractivity contribution in [3.8, 4) is 0 Å². The van der Waals surface area contributed by atoms with Gasteiger partial charge in [-0.05, 0) is 38.6 Å². The fourth-order valence-electron chi connectivity index (χ4n) is 1.17. The maximum atomic E-state index is 5.59. The van der Waals surface area contributed by atoms with Crippen LogP contribution >= 0.6 is 0 Å². The van der Waals surface area contributed by atoms with E-state index in [1.807, 2.05) is 0 Å². The van der Waals surface area contributed by atoms with Gasteiger partial charge in [0.05, 0.1) is 0 Å². The number of ether oxygens (including phenoxy) is 1. The fraction of sp³-hybridized carbons (Fsp3) is 0.636. The number of allylic oxidation sites excluding steroid dienone is 3. The van der Waals surface area contributed by atoms with E-state index in [1.165, 1.54) is 0 Å². The fourth-order valence-corrected chi connectivity index (χ4v) is 1.17. The third-order valence-corrected chi connectivity index (χ3v) is 2.24. The summed E-state index contributed by atoms with van der Waals surface area (Å²) in [6, 6.07) is 0. The van der Waals surface area contributed by atoms with Gasteiger partial charge in [0.1, 0.15) is 12.4 Å². The molecule has 0 N–H and O–H groups in total. The van der Waals surface area contributed by atoms with E-state index >= 15 is 0 Å². The number of rotatable bonds is 5. The summed E-state index contributed by atoms with van der Waals surface area (Å²) in [4.78, 5) is 2.24. The zero-order chi connectivity index (χ0) is 9.52. The van der Waals surface area contributed by atoms with Crippen molar-refractivity contribution < 1.29 is 4.74 Å². The van der Waals surface area contributed by atoms with Crippen LogP contribution in [-0.4, -0.2) is 31.6 Å². The summed E-state index contributed by atoms with van der Waals surface area (Å²) in [6.45, 7) is 5.03. The van der Waals surface area contributed by atoms with Gasteiger partial charge in [0.25, 0.3) is 0 Å². The second-order valence-corrected chi connectivity index (χ2v) is 3.33. The van der Waals surface area contributed by atoms with Crippen LogP contribution in [0.2, 0.25) is 0 Å². The zero-order valence-electron chi connectivity index (χ0n) is 8.62. The molecular weight excluding hydrogens is 162 g/mol. The number of nitrogens with zero attached hydrogens (tertiary/aromatic N) is 1. The highest BCUT2D eigenvalue weighted by atomic mass is 16.5. The molecule has 0 radical (unpaired) electrons. The van der Waals surface area contributed by atoms with Crippen molar-refractivity contribution in [2.45, 2.75) is 19.8 Å². The van der Waals surface area contributed by atoms with Crippen LogP contribution in [0.15, 0.2) is 24.0 Å². The van der Waals surface area contributed by atoms with Crippen LogP contribution < -0.4 is 0 Å². The van der Waals surface area contributed by atoms with Gasteiger partial charge >= 0.3 is 0 Å². The van der Waals surface area contributed by atoms with Crippen LogP contribution in [0.3, 0.4) is 0 Å². The van der Waals surface area contributed by atoms with Crippen LogP contribution in [0.25, 0.3) is 0 Å². The first-order chi connectivity index (χ1) is 6.33. The highest BCUT2D eigenvalue weighted by Gasteiger charge is 1.98. The van der Waals surface area contributed by atoms with Gasteiger partial charge < -0.3 is 9.64 Å². The van der Waals surface area contributed by atoms with Gasteiger partial charge in [-0.3, -0.25) is 0 Å². The molecule has 13 heavy (non-hydrogen) atoms. The first kappa shape index (κ1) is 10.3. The van der Waals surface area contributed by atoms with Gasteiger partial charge in [-0.15, -0.1) is 0 Å². The van der Waals surface area contributed by atoms with E-state index in [9.17, 15) is 0 Å². The summed E-state index contributed by atoms with van der Waals surface area (Å²) in [5, 5.41) is 0. The SMILES string of the molecule is CCN(C)CCOC1=CCCC=C1. The Hall–Kier alpha value is -0.760. The Morgan fingerprint density at radius 1 is 1.46 bits per heavy atom. The molecule has 1 aliphatic rings. The molecule has 0 aromatic heterocycles. The van der Waals surface area contributed by atoms with Crippen LogP contribution in [0.1, 0.15) is 19.8 Å². The van der Waals surface area contributed by atoms with E-state index in [0.717, 1.165) is 38.3 Å². The normalized spacial score (nSPS) is 16.1. The van der Waals surface area contributed by atoms with Gasteiger partial charge in [-0.1, -0.05) is 13.0 Å². The molecule has 0 fully saturated rings. The van der Waals surface area contributed by atoms with Crippen molar-refractivity contribution >= 4 is 0 Å². The Morgan fingerprint density at radius 2 is 2.31 bits per heavy atom. The van der Waals surface area contributed by atoms with E-state index < -0.39 is 0 Å². The molecule has 0 aliphatic heterocycles. The zero-order valence-corrected chi connectivity index (χ0v) is 8.62. The molecule has 0 saturated heterocycles. The third-order valence-electron chi connectivity index (χ3n) is 2.24. The Balaban J connectivity index is 2.12. The molecule has 74 valence electrons. The maximum absolute atomic E-state index is 5.59. The topological polar surface area (TPSA) is 12.5 Å². The lowest BCUT2D eigenvalue weighted by atomic mass is 10.2. The van der Waals surface area contributed by atoms with Crippen molar-refractivity contribution in [3.05, 3.63) is 24.0 Å². The lowest BCUT2D eigenvalue weighted by Gasteiger charge is -2.15. The molecule has 0 spiro atoms. The summed E-state index contributed by atoms with van der Waals surface area (Å²) in [5.41, 5.74) is 0. The standard InChI is InChI=1S/C11H19NO/c1-3-12(2)9-10-13-11-7-5-4-6-8-11/h5,7-8H,3-4,6,9-10H2,1-2H3. The van der Waals surface area contributed by atoms with Crippen LogP contribution in [-0.2, 0) is 4.74 Å². The summed E-state index contributed by atoms with van der Waals surface area (Å²) in [6.07, 6.45) is 8.66. The Kier molecular flexibility index (Phi) is 4.61. The molecule has 1 aliphatic carbocycles. The van der Waals surface area contributed by atoms with Gasteiger partial charge in [0.2, 0.25) is 0 Å². The number of hydrogen-bond donors (Lipinski definition) is 0. The summed E-state index contributed by atoms with van der Waals surface area (Å²) in [7, 11) is 2.11. The molecule has 0 atom stereocenters. The van der Waals surface area contributed by atoms with E-state index in [4.69, 9.17) is 4.74 Å². The summed E-state index contributed by atoms with van der Waals surface area (Å²) in [5.74, 6) is 1.04. The lowest BCUT2D eigenvalue weighted by molar-refractivity contribution is 0.182. The summed E-state index contributed by atoms with van der Waals surface area (Å²) >= 11 is 0. The summed E-state index contributed by atoms with van der Waals surface area (Å²) < 4.78 is 5.59. The first-order valence-corrected chi connectivity index (χ1v) is 5.01. The lowest BCUT2D eigenvalue weighted by Crippen LogP contribution is -2.22. The molecule has 0 amide bonds. The van der Waals surface area contributed by atoms with Crippen LogP contribution in [0, 0.1) is 0 Å². The quantitative estimate of drug-likeness (QED) is 0.644. The molecular formula is C11H19NO. The first-order valence-electron chi connectivity index (χ1n) is 5.01. The van der Waals surface area contributed by atoms with E-state index in [0.29, 0.717) is 0 Å². The predicted octanol–water partition coefficient (Wildman–Crippen LogP) is 2.19. The Morgan fingerprint density at radius 3 is 2.92 bits per heavy atom. The van der Waals surface area contributed by atoms with Crippen LogP contribution in [0.5, 0.6) is 0 Å². The van der Waals surface area contributed by atoms with Gasteiger partial charge in [-0.2, -0.15) is 0 Å². The van der Waals surface area contributed by atoms with Crippen molar-refractivity contribution in [1.82, 2.24) is 4.90 Å². The predicted molar refractivity (Wildman–Crippen MR) is 55.6 cm³/mol. The van der Waals surface area contributed by atoms with Crippen molar-refractivity contribution in [1.29, 1.82) is 0 Å². The van der Waals surface area contributed by atoms with E-state index in [1.54, 1.807) is 0 Å². The highest BCUT2D eigenvalue weighted by Crippen LogP contribution is 2.10. The molecule has 2 nitrogen and oxygen atoms in total. The van der Waals surface area contributed by atoms with E-state index in [-0.39, 0.29) is 0 Å². The average Bonchev–Trinajstić information content (AvgIpc) is 2.19. The molecule has 2 heteroatoms. The molecule has 0 heterocycles. The minimum absolute atomic E-state index is 0.792. The number of likely N-dealkylation sites (N-methyl/N-ethyl adjacent to an activating group) is 1. The Labute approximate surface area is 80.9 Å². The minimum Gasteiger partial charge on any atom is -0.493 e. The Bertz CT molecular complexity index is 196. The third kappa shape index (κ3) is 4.13. The highest BCUT2D eigenvalue weighted by molar-refractivity contribution is 5.15. The van der Waals surface area contributed by atoms with Gasteiger partial charge in [-0.25, -0.2) is 0 Å². The average molecular weight is 181 g/mol. The van der Waals surface area contributed by atoms with Gasteiger partial charge in [0.15, 0.2) is 0 Å². The molecule has 0 aromatic carbocycles. The minimum atomic E-state index is 0.792. The molecule has 0 saturated carbocycles. The molecule has 0 unspecified atom stereocenters. The molecule has 1 rings (SSSR count). The number of hydrogen-bond acceptors (Lipinski definition) is 2. The van der Waals surface area contributed by atoms with E-state index in [2.05, 4.69) is 37.1 Å².